The van der Waals surface area contributed by atoms with Crippen LogP contribution in [-0.2, 0) is 6.54 Å². The van der Waals surface area contributed by atoms with Gasteiger partial charge in [-0.1, -0.05) is 13.8 Å². The Morgan fingerprint density at radius 1 is 1.09 bits per heavy atom. The third kappa shape index (κ3) is 3.87. The third-order valence-electron chi connectivity index (χ3n) is 3.40. The predicted molar refractivity (Wildman–Crippen MR) is 87.8 cm³/mol. The van der Waals surface area contributed by atoms with E-state index in [1.807, 2.05) is 31.3 Å². The summed E-state index contributed by atoms with van der Waals surface area (Å²) in [6.45, 7) is 4.89. The highest BCUT2D eigenvalue weighted by Crippen LogP contribution is 2.24. The molecule has 0 bridgehead atoms. The molecule has 0 spiro atoms. The van der Waals surface area contributed by atoms with Crippen LogP contribution in [0.15, 0.2) is 30.5 Å². The topological polar surface area (TPSA) is 47.5 Å². The van der Waals surface area contributed by atoms with Gasteiger partial charge in [-0.2, -0.15) is 0 Å². The molecule has 0 aliphatic carbocycles. The first-order valence-electron chi connectivity index (χ1n) is 7.29. The van der Waals surface area contributed by atoms with Crippen molar-refractivity contribution in [3.63, 3.8) is 0 Å². The molecule has 118 valence electrons. The molecule has 1 heterocycles. The minimum Gasteiger partial charge on any atom is -0.497 e. The minimum atomic E-state index is 0.310. The van der Waals surface area contributed by atoms with Gasteiger partial charge < -0.3 is 14.4 Å². The summed E-state index contributed by atoms with van der Waals surface area (Å²) in [5.74, 6) is 3.64. The van der Waals surface area contributed by atoms with E-state index in [9.17, 15) is 0 Å². The van der Waals surface area contributed by atoms with Crippen LogP contribution in [0.25, 0.3) is 0 Å². The molecule has 1 aromatic heterocycles. The Morgan fingerprint density at radius 3 is 2.27 bits per heavy atom. The Balaban J connectivity index is 2.21. The molecular weight excluding hydrogens is 278 g/mol. The molecule has 0 atom stereocenters. The normalized spacial score (nSPS) is 10.6. The van der Waals surface area contributed by atoms with Gasteiger partial charge in [0.15, 0.2) is 0 Å². The minimum absolute atomic E-state index is 0.310. The lowest BCUT2D eigenvalue weighted by Crippen LogP contribution is -2.18. The molecule has 2 rings (SSSR count). The number of anilines is 1. The standard InChI is InChI=1S/C17H23N3O2/c1-12(2)17-18-7-6-16(19-17)20(3)11-13-8-14(21-4)10-15(9-13)22-5/h6-10,12H,11H2,1-5H3. The Kier molecular flexibility index (Phi) is 5.20. The van der Waals surface area contributed by atoms with E-state index in [4.69, 9.17) is 9.47 Å². The summed E-state index contributed by atoms with van der Waals surface area (Å²) < 4.78 is 10.6. The van der Waals surface area contributed by atoms with Crippen molar-refractivity contribution in [2.75, 3.05) is 26.2 Å². The summed E-state index contributed by atoms with van der Waals surface area (Å²) in [5.41, 5.74) is 1.10. The highest BCUT2D eigenvalue weighted by Gasteiger charge is 2.09. The van der Waals surface area contributed by atoms with Crippen LogP contribution in [0.5, 0.6) is 11.5 Å². The molecule has 0 saturated carbocycles. The van der Waals surface area contributed by atoms with Crippen molar-refractivity contribution in [3.05, 3.63) is 41.9 Å². The molecule has 0 amide bonds. The summed E-state index contributed by atoms with van der Waals surface area (Å²) in [6, 6.07) is 7.79. The molecule has 0 unspecified atom stereocenters. The van der Waals surface area contributed by atoms with Gasteiger partial charge in [0.2, 0.25) is 0 Å². The van der Waals surface area contributed by atoms with E-state index in [1.54, 1.807) is 20.4 Å². The van der Waals surface area contributed by atoms with Crippen molar-refractivity contribution in [3.8, 4) is 11.5 Å². The van der Waals surface area contributed by atoms with E-state index >= 15 is 0 Å². The first-order valence-corrected chi connectivity index (χ1v) is 7.29. The van der Waals surface area contributed by atoms with Gasteiger partial charge in [-0.25, -0.2) is 9.97 Å². The van der Waals surface area contributed by atoms with Crippen molar-refractivity contribution in [2.24, 2.45) is 0 Å². The van der Waals surface area contributed by atoms with Crippen LogP contribution in [-0.4, -0.2) is 31.2 Å². The third-order valence-corrected chi connectivity index (χ3v) is 3.40. The van der Waals surface area contributed by atoms with E-state index < -0.39 is 0 Å². The van der Waals surface area contributed by atoms with Gasteiger partial charge in [-0.15, -0.1) is 0 Å². The van der Waals surface area contributed by atoms with Gasteiger partial charge in [-0.05, 0) is 23.8 Å². The molecule has 5 nitrogen and oxygen atoms in total. The molecule has 0 fully saturated rings. The van der Waals surface area contributed by atoms with Crippen molar-refractivity contribution < 1.29 is 9.47 Å². The van der Waals surface area contributed by atoms with Crippen LogP contribution >= 0.6 is 0 Å². The second-order valence-corrected chi connectivity index (χ2v) is 5.50. The molecule has 0 aliphatic rings. The van der Waals surface area contributed by atoms with Crippen LogP contribution < -0.4 is 14.4 Å². The molecule has 0 saturated heterocycles. The molecule has 0 radical (unpaired) electrons. The molecule has 0 aliphatic heterocycles. The summed E-state index contributed by atoms with van der Waals surface area (Å²) in [4.78, 5) is 11.0. The molecule has 2 aromatic rings. The first kappa shape index (κ1) is 16.1. The lowest BCUT2D eigenvalue weighted by Gasteiger charge is -2.20. The van der Waals surface area contributed by atoms with Crippen molar-refractivity contribution in [2.45, 2.75) is 26.3 Å². The van der Waals surface area contributed by atoms with Crippen molar-refractivity contribution >= 4 is 5.82 Å². The van der Waals surface area contributed by atoms with Gasteiger partial charge in [-0.3, -0.25) is 0 Å². The van der Waals surface area contributed by atoms with E-state index in [-0.39, 0.29) is 0 Å². The van der Waals surface area contributed by atoms with Crippen LogP contribution in [0.4, 0.5) is 5.82 Å². The van der Waals surface area contributed by atoms with Gasteiger partial charge in [0.1, 0.15) is 23.1 Å². The number of ether oxygens (including phenoxy) is 2. The molecular formula is C17H23N3O2. The second kappa shape index (κ2) is 7.11. The maximum Gasteiger partial charge on any atom is 0.133 e. The van der Waals surface area contributed by atoms with Gasteiger partial charge in [0.25, 0.3) is 0 Å². The zero-order valence-corrected chi connectivity index (χ0v) is 13.8. The van der Waals surface area contributed by atoms with Crippen LogP contribution in [0.2, 0.25) is 0 Å². The van der Waals surface area contributed by atoms with E-state index in [0.717, 1.165) is 28.7 Å². The fraction of sp³-hybridized carbons (Fsp3) is 0.412. The summed E-state index contributed by atoms with van der Waals surface area (Å²) in [5, 5.41) is 0. The number of rotatable bonds is 6. The Morgan fingerprint density at radius 2 is 1.73 bits per heavy atom. The second-order valence-electron chi connectivity index (χ2n) is 5.50. The van der Waals surface area contributed by atoms with Crippen molar-refractivity contribution in [1.82, 2.24) is 9.97 Å². The number of hydrogen-bond acceptors (Lipinski definition) is 5. The summed E-state index contributed by atoms with van der Waals surface area (Å²) in [7, 11) is 5.32. The smallest absolute Gasteiger partial charge is 0.133 e. The van der Waals surface area contributed by atoms with Crippen LogP contribution in [0.1, 0.15) is 31.2 Å². The van der Waals surface area contributed by atoms with Crippen LogP contribution in [0, 0.1) is 0 Å². The number of benzene rings is 1. The monoisotopic (exact) mass is 301 g/mol. The van der Waals surface area contributed by atoms with Crippen LogP contribution in [0.3, 0.4) is 0 Å². The Bertz CT molecular complexity index is 607. The van der Waals surface area contributed by atoms with Gasteiger partial charge >= 0.3 is 0 Å². The summed E-state index contributed by atoms with van der Waals surface area (Å²) in [6.07, 6.45) is 1.81. The zero-order chi connectivity index (χ0) is 16.1. The fourth-order valence-electron chi connectivity index (χ4n) is 2.17. The van der Waals surface area contributed by atoms with E-state index in [1.165, 1.54) is 0 Å². The number of aromatic nitrogens is 2. The Hall–Kier alpha value is -2.30. The van der Waals surface area contributed by atoms with Gasteiger partial charge in [0, 0.05) is 31.8 Å². The SMILES string of the molecule is COc1cc(CN(C)c2ccnc(C(C)C)n2)cc(OC)c1. The molecule has 5 heteroatoms. The maximum absolute atomic E-state index is 5.31. The lowest BCUT2D eigenvalue weighted by molar-refractivity contribution is 0.393. The van der Waals surface area contributed by atoms with Crippen molar-refractivity contribution in [1.29, 1.82) is 0 Å². The number of methoxy groups -OCH3 is 2. The zero-order valence-electron chi connectivity index (χ0n) is 13.8. The Labute approximate surface area is 131 Å². The average Bonchev–Trinajstić information content (AvgIpc) is 2.54. The molecule has 0 N–H and O–H groups in total. The lowest BCUT2D eigenvalue weighted by atomic mass is 10.2. The predicted octanol–water partition coefficient (Wildman–Crippen LogP) is 3.25. The highest BCUT2D eigenvalue weighted by molar-refractivity contribution is 5.42. The quantitative estimate of drug-likeness (QED) is 0.819. The number of nitrogens with zero attached hydrogens (tertiary/aromatic N) is 3. The summed E-state index contributed by atoms with van der Waals surface area (Å²) >= 11 is 0. The first-order chi connectivity index (χ1) is 10.5. The van der Waals surface area contributed by atoms with E-state index in [2.05, 4.69) is 28.7 Å². The van der Waals surface area contributed by atoms with E-state index in [0.29, 0.717) is 12.5 Å². The fourth-order valence-corrected chi connectivity index (χ4v) is 2.17. The number of hydrogen-bond donors (Lipinski definition) is 0. The molecule has 22 heavy (non-hydrogen) atoms. The average molecular weight is 301 g/mol. The molecule has 1 aromatic carbocycles. The maximum atomic E-state index is 5.31. The largest absolute Gasteiger partial charge is 0.497 e. The highest BCUT2D eigenvalue weighted by atomic mass is 16.5. The van der Waals surface area contributed by atoms with Gasteiger partial charge in [0.05, 0.1) is 14.2 Å².